The van der Waals surface area contributed by atoms with Crippen molar-refractivity contribution >= 4 is 27.5 Å². The first-order valence-corrected chi connectivity index (χ1v) is 9.03. The maximum Gasteiger partial charge on any atom is 0.221 e. The fraction of sp³-hybridized carbons (Fsp3) is 0.462. The first-order chi connectivity index (χ1) is 9.05. The third-order valence-electron chi connectivity index (χ3n) is 2.94. The molecule has 1 aliphatic heterocycles. The number of carbonyl (C=O) groups is 1. The van der Waals surface area contributed by atoms with Crippen LogP contribution in [0, 0.1) is 0 Å². The van der Waals surface area contributed by atoms with E-state index in [4.69, 9.17) is 0 Å². The lowest BCUT2D eigenvalue weighted by Crippen LogP contribution is -2.35. The molecule has 1 aliphatic rings. The zero-order valence-corrected chi connectivity index (χ0v) is 12.2. The summed E-state index contributed by atoms with van der Waals surface area (Å²) < 4.78 is 22.5. The number of hydrogen-bond donors (Lipinski definition) is 1. The maximum absolute atomic E-state index is 11.7. The Labute approximate surface area is 117 Å². The van der Waals surface area contributed by atoms with Crippen LogP contribution in [0.2, 0.25) is 0 Å². The monoisotopic (exact) mass is 299 g/mol. The second kappa shape index (κ2) is 6.43. The third-order valence-corrected chi connectivity index (χ3v) is 5.72. The number of thioether (sulfide) groups is 1. The van der Waals surface area contributed by atoms with Crippen molar-refractivity contribution in [3.63, 3.8) is 0 Å². The molecule has 0 radical (unpaired) electrons. The summed E-state index contributed by atoms with van der Waals surface area (Å²) in [6.07, 6.45) is 0.954. The van der Waals surface area contributed by atoms with Crippen LogP contribution in [-0.2, 0) is 14.6 Å². The van der Waals surface area contributed by atoms with Gasteiger partial charge in [-0.15, -0.1) is 11.8 Å². The van der Waals surface area contributed by atoms with Crippen molar-refractivity contribution in [2.24, 2.45) is 0 Å². The van der Waals surface area contributed by atoms with Crippen molar-refractivity contribution in [1.82, 2.24) is 5.32 Å². The predicted molar refractivity (Wildman–Crippen MR) is 77.0 cm³/mol. The highest BCUT2D eigenvalue weighted by molar-refractivity contribution is 7.99. The Morgan fingerprint density at radius 2 is 2.05 bits per heavy atom. The van der Waals surface area contributed by atoms with Crippen molar-refractivity contribution < 1.29 is 13.2 Å². The highest BCUT2D eigenvalue weighted by Gasteiger charge is 2.28. The van der Waals surface area contributed by atoms with E-state index in [0.29, 0.717) is 18.6 Å². The van der Waals surface area contributed by atoms with Gasteiger partial charge in [-0.05, 0) is 18.6 Å². The number of carbonyl (C=O) groups excluding carboxylic acids is 1. The standard InChI is InChI=1S/C13H17NO3S2/c15-13(14-11-7-9-19(16,17)10-11)6-8-18-12-4-2-1-3-5-12/h1-5,11H,6-10H2,(H,14,15)/t11-/m1/s1. The van der Waals surface area contributed by atoms with E-state index in [-0.39, 0.29) is 23.5 Å². The number of benzene rings is 1. The van der Waals surface area contributed by atoms with Crippen LogP contribution < -0.4 is 5.32 Å². The van der Waals surface area contributed by atoms with Crippen LogP contribution in [0.15, 0.2) is 35.2 Å². The van der Waals surface area contributed by atoms with Gasteiger partial charge in [-0.3, -0.25) is 4.79 Å². The van der Waals surface area contributed by atoms with Gasteiger partial charge in [0, 0.05) is 23.1 Å². The van der Waals surface area contributed by atoms with Crippen LogP contribution in [0.5, 0.6) is 0 Å². The fourth-order valence-electron chi connectivity index (χ4n) is 1.99. The molecule has 1 N–H and O–H groups in total. The summed E-state index contributed by atoms with van der Waals surface area (Å²) in [5.41, 5.74) is 0. The molecule has 0 aliphatic carbocycles. The molecule has 1 amide bonds. The van der Waals surface area contributed by atoms with Crippen molar-refractivity contribution in [1.29, 1.82) is 0 Å². The quantitative estimate of drug-likeness (QED) is 0.836. The van der Waals surface area contributed by atoms with E-state index < -0.39 is 9.84 Å². The van der Waals surface area contributed by atoms with Crippen molar-refractivity contribution in [2.45, 2.75) is 23.8 Å². The molecule has 1 aromatic carbocycles. The van der Waals surface area contributed by atoms with Gasteiger partial charge in [-0.1, -0.05) is 18.2 Å². The topological polar surface area (TPSA) is 63.2 Å². The van der Waals surface area contributed by atoms with Crippen LogP contribution in [-0.4, -0.2) is 37.6 Å². The average Bonchev–Trinajstić information content (AvgIpc) is 2.70. The minimum atomic E-state index is -2.92. The Balaban J connectivity index is 1.68. The zero-order chi connectivity index (χ0) is 13.7. The van der Waals surface area contributed by atoms with E-state index in [0.717, 1.165) is 4.90 Å². The van der Waals surface area contributed by atoms with Gasteiger partial charge in [0.05, 0.1) is 11.5 Å². The molecular weight excluding hydrogens is 282 g/mol. The molecule has 0 aromatic heterocycles. The minimum Gasteiger partial charge on any atom is -0.352 e. The van der Waals surface area contributed by atoms with Crippen LogP contribution >= 0.6 is 11.8 Å². The van der Waals surface area contributed by atoms with Gasteiger partial charge in [0.1, 0.15) is 0 Å². The van der Waals surface area contributed by atoms with E-state index >= 15 is 0 Å². The Morgan fingerprint density at radius 1 is 1.32 bits per heavy atom. The third kappa shape index (κ3) is 4.87. The summed E-state index contributed by atoms with van der Waals surface area (Å²) in [7, 11) is -2.92. The highest BCUT2D eigenvalue weighted by atomic mass is 32.2. The SMILES string of the molecule is O=C(CCSc1ccccc1)N[C@@H]1CCS(=O)(=O)C1. The fourth-order valence-corrected chi connectivity index (χ4v) is 4.53. The number of amides is 1. The summed E-state index contributed by atoms with van der Waals surface area (Å²) in [4.78, 5) is 12.8. The molecule has 1 heterocycles. The second-order valence-electron chi connectivity index (χ2n) is 4.58. The number of sulfone groups is 1. The molecule has 2 rings (SSSR count). The summed E-state index contributed by atoms with van der Waals surface area (Å²) in [5.74, 6) is 0.918. The van der Waals surface area contributed by atoms with E-state index in [1.54, 1.807) is 11.8 Å². The first-order valence-electron chi connectivity index (χ1n) is 6.23. The van der Waals surface area contributed by atoms with E-state index in [1.165, 1.54) is 0 Å². The molecular formula is C13H17NO3S2. The molecule has 1 atom stereocenters. The summed E-state index contributed by atoms with van der Waals surface area (Å²) in [6.45, 7) is 0. The van der Waals surface area contributed by atoms with E-state index in [1.807, 2.05) is 30.3 Å². The largest absolute Gasteiger partial charge is 0.352 e. The molecule has 19 heavy (non-hydrogen) atoms. The molecule has 1 saturated heterocycles. The lowest BCUT2D eigenvalue weighted by atomic mass is 10.2. The average molecular weight is 299 g/mol. The summed E-state index contributed by atoms with van der Waals surface area (Å²) in [5, 5.41) is 2.79. The van der Waals surface area contributed by atoms with E-state index in [9.17, 15) is 13.2 Å². The van der Waals surface area contributed by atoms with Gasteiger partial charge in [-0.25, -0.2) is 8.42 Å². The lowest BCUT2D eigenvalue weighted by Gasteiger charge is -2.10. The van der Waals surface area contributed by atoms with Gasteiger partial charge in [0.15, 0.2) is 9.84 Å². The Hall–Kier alpha value is -1.01. The molecule has 0 spiro atoms. The van der Waals surface area contributed by atoms with Gasteiger partial charge in [0.2, 0.25) is 5.91 Å². The number of rotatable bonds is 5. The van der Waals surface area contributed by atoms with Crippen molar-refractivity contribution in [3.05, 3.63) is 30.3 Å². The van der Waals surface area contributed by atoms with Crippen molar-refractivity contribution in [2.75, 3.05) is 17.3 Å². The first kappa shape index (κ1) is 14.4. The lowest BCUT2D eigenvalue weighted by molar-refractivity contribution is -0.121. The maximum atomic E-state index is 11.7. The minimum absolute atomic E-state index is 0.0643. The van der Waals surface area contributed by atoms with Gasteiger partial charge in [0.25, 0.3) is 0 Å². The molecule has 4 nitrogen and oxygen atoms in total. The zero-order valence-electron chi connectivity index (χ0n) is 10.5. The normalized spacial score (nSPS) is 21.2. The van der Waals surface area contributed by atoms with Crippen LogP contribution in [0.4, 0.5) is 0 Å². The number of nitrogens with one attached hydrogen (secondary N) is 1. The molecule has 1 aromatic rings. The van der Waals surface area contributed by atoms with Crippen LogP contribution in [0.25, 0.3) is 0 Å². The second-order valence-corrected chi connectivity index (χ2v) is 7.98. The van der Waals surface area contributed by atoms with E-state index in [2.05, 4.69) is 5.32 Å². The predicted octanol–water partition coefficient (Wildman–Crippen LogP) is 1.47. The Bertz CT molecular complexity index is 528. The van der Waals surface area contributed by atoms with Gasteiger partial charge >= 0.3 is 0 Å². The summed E-state index contributed by atoms with van der Waals surface area (Å²) in [6, 6.07) is 9.70. The van der Waals surface area contributed by atoms with Crippen molar-refractivity contribution in [3.8, 4) is 0 Å². The molecule has 0 unspecified atom stereocenters. The van der Waals surface area contributed by atoms with Crippen LogP contribution in [0.3, 0.4) is 0 Å². The summed E-state index contributed by atoms with van der Waals surface area (Å²) >= 11 is 1.63. The molecule has 0 bridgehead atoms. The smallest absolute Gasteiger partial charge is 0.221 e. The highest BCUT2D eigenvalue weighted by Crippen LogP contribution is 2.18. The Morgan fingerprint density at radius 3 is 2.68 bits per heavy atom. The van der Waals surface area contributed by atoms with Gasteiger partial charge in [-0.2, -0.15) is 0 Å². The molecule has 1 fully saturated rings. The van der Waals surface area contributed by atoms with Crippen LogP contribution in [0.1, 0.15) is 12.8 Å². The van der Waals surface area contributed by atoms with Gasteiger partial charge < -0.3 is 5.32 Å². The molecule has 0 saturated carbocycles. The Kier molecular flexibility index (Phi) is 4.87. The number of hydrogen-bond acceptors (Lipinski definition) is 4. The molecule has 104 valence electrons. The molecule has 6 heteroatoms.